The molecule has 0 bridgehead atoms. The highest BCUT2D eigenvalue weighted by atomic mass is 32.1. The first-order valence-corrected chi connectivity index (χ1v) is 5.83. The molecule has 1 heterocycles. The van der Waals surface area contributed by atoms with E-state index in [0.29, 0.717) is 12.5 Å². The number of hydrogen-bond acceptors (Lipinski definition) is 5. The second-order valence-corrected chi connectivity index (χ2v) is 4.08. The molecule has 0 radical (unpaired) electrons. The minimum atomic E-state index is -0.532. The van der Waals surface area contributed by atoms with Gasteiger partial charge in [0.05, 0.1) is 0 Å². The van der Waals surface area contributed by atoms with Gasteiger partial charge in [0.15, 0.2) is 5.69 Å². The molecule has 0 spiro atoms. The van der Waals surface area contributed by atoms with Gasteiger partial charge >= 0.3 is 6.03 Å². The SMILES string of the molecule is CCC(C)CNC(=O)NC(=O)c1csnn1. The van der Waals surface area contributed by atoms with Gasteiger partial charge in [-0.05, 0) is 17.5 Å². The summed E-state index contributed by atoms with van der Waals surface area (Å²) in [5.41, 5.74) is 0.156. The highest BCUT2D eigenvalue weighted by Crippen LogP contribution is 1.98. The van der Waals surface area contributed by atoms with Crippen molar-refractivity contribution in [2.24, 2.45) is 5.92 Å². The Bertz CT molecular complexity index is 352. The lowest BCUT2D eigenvalue weighted by molar-refractivity contribution is 0.0959. The fraction of sp³-hybridized carbons (Fsp3) is 0.556. The maximum atomic E-state index is 11.4. The van der Waals surface area contributed by atoms with E-state index in [-0.39, 0.29) is 5.69 Å². The van der Waals surface area contributed by atoms with Crippen molar-refractivity contribution in [2.75, 3.05) is 6.54 Å². The number of urea groups is 1. The van der Waals surface area contributed by atoms with Gasteiger partial charge in [-0.1, -0.05) is 24.8 Å². The summed E-state index contributed by atoms with van der Waals surface area (Å²) in [7, 11) is 0. The summed E-state index contributed by atoms with van der Waals surface area (Å²) < 4.78 is 3.54. The van der Waals surface area contributed by atoms with Crippen LogP contribution in [0.25, 0.3) is 0 Å². The van der Waals surface area contributed by atoms with Crippen LogP contribution in [0.2, 0.25) is 0 Å². The second kappa shape index (κ2) is 6.16. The molecule has 0 aliphatic rings. The van der Waals surface area contributed by atoms with E-state index in [0.717, 1.165) is 18.0 Å². The summed E-state index contributed by atoms with van der Waals surface area (Å²) in [5.74, 6) is -0.141. The van der Waals surface area contributed by atoms with Gasteiger partial charge in [0, 0.05) is 11.9 Å². The monoisotopic (exact) mass is 242 g/mol. The standard InChI is InChI=1S/C9H14N4O2S/c1-3-6(2)4-10-9(15)11-8(14)7-5-16-13-12-7/h5-6H,3-4H2,1-2H3,(H2,10,11,14,15). The third-order valence-electron chi connectivity index (χ3n) is 2.13. The number of amides is 3. The summed E-state index contributed by atoms with van der Waals surface area (Å²) >= 11 is 1.06. The van der Waals surface area contributed by atoms with E-state index in [4.69, 9.17) is 0 Å². The van der Waals surface area contributed by atoms with Gasteiger partial charge in [0.2, 0.25) is 0 Å². The molecule has 7 heteroatoms. The van der Waals surface area contributed by atoms with Crippen molar-refractivity contribution in [3.05, 3.63) is 11.1 Å². The Labute approximate surface area is 97.6 Å². The lowest BCUT2D eigenvalue weighted by atomic mass is 10.1. The summed E-state index contributed by atoms with van der Waals surface area (Å²) in [6.45, 7) is 4.60. The number of nitrogens with zero attached hydrogens (tertiary/aromatic N) is 2. The van der Waals surface area contributed by atoms with Crippen LogP contribution in [0.15, 0.2) is 5.38 Å². The van der Waals surface area contributed by atoms with Crippen LogP contribution in [0, 0.1) is 5.92 Å². The zero-order valence-electron chi connectivity index (χ0n) is 9.19. The molecule has 0 aliphatic heterocycles. The van der Waals surface area contributed by atoms with E-state index in [1.165, 1.54) is 5.38 Å². The van der Waals surface area contributed by atoms with Crippen molar-refractivity contribution in [1.82, 2.24) is 20.2 Å². The highest BCUT2D eigenvalue weighted by molar-refractivity contribution is 7.03. The molecule has 1 rings (SSSR count). The minimum absolute atomic E-state index is 0.156. The van der Waals surface area contributed by atoms with Gasteiger partial charge in [-0.15, -0.1) is 5.10 Å². The summed E-state index contributed by atoms with van der Waals surface area (Å²) in [4.78, 5) is 22.6. The molecule has 0 fully saturated rings. The Morgan fingerprint density at radius 2 is 2.31 bits per heavy atom. The molecule has 6 nitrogen and oxygen atoms in total. The first kappa shape index (κ1) is 12.6. The predicted molar refractivity (Wildman–Crippen MR) is 60.2 cm³/mol. The Morgan fingerprint density at radius 3 is 2.88 bits per heavy atom. The van der Waals surface area contributed by atoms with Gasteiger partial charge in [-0.25, -0.2) is 4.79 Å². The average molecular weight is 242 g/mol. The molecule has 1 atom stereocenters. The van der Waals surface area contributed by atoms with Crippen LogP contribution in [0.1, 0.15) is 30.8 Å². The van der Waals surface area contributed by atoms with Crippen LogP contribution in [0.5, 0.6) is 0 Å². The molecule has 1 unspecified atom stereocenters. The van der Waals surface area contributed by atoms with Crippen LogP contribution < -0.4 is 10.6 Å². The predicted octanol–water partition coefficient (Wildman–Crippen LogP) is 1.02. The van der Waals surface area contributed by atoms with Crippen molar-refractivity contribution >= 4 is 23.5 Å². The second-order valence-electron chi connectivity index (χ2n) is 3.47. The molecule has 2 N–H and O–H groups in total. The van der Waals surface area contributed by atoms with Crippen LogP contribution in [-0.4, -0.2) is 28.1 Å². The van der Waals surface area contributed by atoms with Gasteiger partial charge in [0.1, 0.15) is 0 Å². The third kappa shape index (κ3) is 3.93. The molecular formula is C9H14N4O2S. The lowest BCUT2D eigenvalue weighted by Crippen LogP contribution is -2.41. The first-order valence-electron chi connectivity index (χ1n) is 4.99. The number of imide groups is 1. The van der Waals surface area contributed by atoms with E-state index >= 15 is 0 Å². The van der Waals surface area contributed by atoms with Gasteiger partial charge in [-0.3, -0.25) is 10.1 Å². The normalized spacial score (nSPS) is 11.9. The molecule has 0 aliphatic carbocycles. The van der Waals surface area contributed by atoms with Crippen LogP contribution >= 0.6 is 11.5 Å². The van der Waals surface area contributed by atoms with Gasteiger partial charge in [0.25, 0.3) is 5.91 Å². The molecule has 16 heavy (non-hydrogen) atoms. The molecule has 0 saturated carbocycles. The number of nitrogens with one attached hydrogen (secondary N) is 2. The number of carbonyl (C=O) groups is 2. The van der Waals surface area contributed by atoms with Crippen LogP contribution in [-0.2, 0) is 0 Å². The Balaban J connectivity index is 2.32. The van der Waals surface area contributed by atoms with Crippen molar-refractivity contribution in [1.29, 1.82) is 0 Å². The Hall–Kier alpha value is -1.50. The van der Waals surface area contributed by atoms with E-state index < -0.39 is 11.9 Å². The largest absolute Gasteiger partial charge is 0.338 e. The summed E-state index contributed by atoms with van der Waals surface area (Å²) in [5, 5.41) is 9.83. The van der Waals surface area contributed by atoms with E-state index in [9.17, 15) is 9.59 Å². The molecular weight excluding hydrogens is 228 g/mol. The smallest absolute Gasteiger partial charge is 0.321 e. The fourth-order valence-electron chi connectivity index (χ4n) is 0.886. The van der Waals surface area contributed by atoms with Crippen molar-refractivity contribution in [2.45, 2.75) is 20.3 Å². The molecule has 88 valence electrons. The number of carbonyl (C=O) groups excluding carboxylic acids is 2. The molecule has 3 amide bonds. The van der Waals surface area contributed by atoms with Crippen LogP contribution in [0.3, 0.4) is 0 Å². The van der Waals surface area contributed by atoms with Crippen molar-refractivity contribution in [3.63, 3.8) is 0 Å². The number of aromatic nitrogens is 2. The van der Waals surface area contributed by atoms with Crippen molar-refractivity contribution < 1.29 is 9.59 Å². The molecule has 1 aromatic heterocycles. The van der Waals surface area contributed by atoms with E-state index in [1.54, 1.807) is 0 Å². The maximum absolute atomic E-state index is 11.4. The summed E-state index contributed by atoms with van der Waals surface area (Å²) in [6, 6.07) is -0.502. The maximum Gasteiger partial charge on any atom is 0.321 e. The third-order valence-corrected chi connectivity index (χ3v) is 2.63. The first-order chi connectivity index (χ1) is 7.63. The Kier molecular flexibility index (Phi) is 4.84. The lowest BCUT2D eigenvalue weighted by Gasteiger charge is -2.09. The average Bonchev–Trinajstić information content (AvgIpc) is 2.79. The number of hydrogen-bond donors (Lipinski definition) is 2. The van der Waals surface area contributed by atoms with Crippen molar-refractivity contribution in [3.8, 4) is 0 Å². The zero-order chi connectivity index (χ0) is 12.0. The van der Waals surface area contributed by atoms with Crippen LogP contribution in [0.4, 0.5) is 4.79 Å². The Morgan fingerprint density at radius 1 is 1.56 bits per heavy atom. The number of rotatable bonds is 4. The highest BCUT2D eigenvalue weighted by Gasteiger charge is 2.12. The fourth-order valence-corrected chi connectivity index (χ4v) is 1.32. The molecule has 0 aromatic carbocycles. The van der Waals surface area contributed by atoms with Gasteiger partial charge in [-0.2, -0.15) is 0 Å². The topological polar surface area (TPSA) is 84.0 Å². The van der Waals surface area contributed by atoms with Gasteiger partial charge < -0.3 is 5.32 Å². The quantitative estimate of drug-likeness (QED) is 0.825. The summed E-state index contributed by atoms with van der Waals surface area (Å²) in [6.07, 6.45) is 0.976. The molecule has 0 saturated heterocycles. The van der Waals surface area contributed by atoms with E-state index in [1.807, 2.05) is 13.8 Å². The van der Waals surface area contributed by atoms with E-state index in [2.05, 4.69) is 20.2 Å². The zero-order valence-corrected chi connectivity index (χ0v) is 10.0. The minimum Gasteiger partial charge on any atom is -0.338 e. The molecule has 1 aromatic rings.